The van der Waals surface area contributed by atoms with Crippen LogP contribution in [0.4, 0.5) is 0 Å². The number of pyridine rings is 1. The van der Waals surface area contributed by atoms with E-state index in [9.17, 15) is 4.79 Å². The molecular formula is C19H17ClN2O2S. The molecule has 0 aliphatic rings. The van der Waals surface area contributed by atoms with Crippen LogP contribution in [0.1, 0.15) is 5.56 Å². The third kappa shape index (κ3) is 4.44. The van der Waals surface area contributed by atoms with Gasteiger partial charge in [-0.05, 0) is 23.1 Å². The van der Waals surface area contributed by atoms with E-state index in [0.29, 0.717) is 23.2 Å². The smallest absolute Gasteiger partial charge is 0.230 e. The molecule has 0 saturated heterocycles. The van der Waals surface area contributed by atoms with Gasteiger partial charge < -0.3 is 10.1 Å². The molecule has 3 aromatic rings. The van der Waals surface area contributed by atoms with Gasteiger partial charge in [0.2, 0.25) is 11.8 Å². The molecule has 0 aliphatic carbocycles. The highest BCUT2D eigenvalue weighted by atomic mass is 35.5. The van der Waals surface area contributed by atoms with Crippen molar-refractivity contribution in [3.63, 3.8) is 0 Å². The molecule has 128 valence electrons. The second kappa shape index (κ2) is 8.23. The van der Waals surface area contributed by atoms with Gasteiger partial charge in [0.25, 0.3) is 0 Å². The van der Waals surface area contributed by atoms with E-state index in [0.717, 1.165) is 21.2 Å². The zero-order chi connectivity index (χ0) is 17.6. The Labute approximate surface area is 155 Å². The molecule has 0 bridgehead atoms. The number of hydrogen-bond donors (Lipinski definition) is 1. The number of methoxy groups -OCH3 is 1. The van der Waals surface area contributed by atoms with Crippen molar-refractivity contribution in [2.24, 2.45) is 0 Å². The fourth-order valence-corrected chi connectivity index (χ4v) is 3.69. The van der Waals surface area contributed by atoms with Crippen molar-refractivity contribution in [1.82, 2.24) is 10.3 Å². The van der Waals surface area contributed by atoms with Gasteiger partial charge in [0.15, 0.2) is 0 Å². The van der Waals surface area contributed by atoms with Gasteiger partial charge in [-0.15, -0.1) is 11.8 Å². The summed E-state index contributed by atoms with van der Waals surface area (Å²) in [6, 6.07) is 15.4. The molecule has 0 aliphatic heterocycles. The lowest BCUT2D eigenvalue weighted by molar-refractivity contribution is -0.118. The molecule has 6 heteroatoms. The van der Waals surface area contributed by atoms with Crippen molar-refractivity contribution in [2.45, 2.75) is 11.4 Å². The van der Waals surface area contributed by atoms with Crippen LogP contribution in [0.3, 0.4) is 0 Å². The van der Waals surface area contributed by atoms with Crippen molar-refractivity contribution >= 4 is 40.0 Å². The van der Waals surface area contributed by atoms with Gasteiger partial charge in [-0.3, -0.25) is 4.79 Å². The van der Waals surface area contributed by atoms with Crippen LogP contribution in [0.2, 0.25) is 5.02 Å². The number of amides is 1. The maximum atomic E-state index is 12.1. The second-order valence-electron chi connectivity index (χ2n) is 5.37. The highest BCUT2D eigenvalue weighted by Crippen LogP contribution is 2.33. The van der Waals surface area contributed by atoms with Crippen molar-refractivity contribution in [3.8, 4) is 5.88 Å². The molecule has 25 heavy (non-hydrogen) atoms. The fourth-order valence-electron chi connectivity index (χ4n) is 2.41. The van der Waals surface area contributed by atoms with E-state index in [1.165, 1.54) is 11.8 Å². The average molecular weight is 373 g/mol. The molecule has 3 rings (SSSR count). The van der Waals surface area contributed by atoms with Gasteiger partial charge in [0.1, 0.15) is 0 Å². The molecule has 4 nitrogen and oxygen atoms in total. The summed E-state index contributed by atoms with van der Waals surface area (Å²) >= 11 is 7.79. The Morgan fingerprint density at radius 2 is 2.00 bits per heavy atom. The molecule has 1 N–H and O–H groups in total. The summed E-state index contributed by atoms with van der Waals surface area (Å²) in [7, 11) is 1.57. The number of rotatable bonds is 6. The summed E-state index contributed by atoms with van der Waals surface area (Å²) in [5, 5.41) is 5.66. The Morgan fingerprint density at radius 1 is 1.20 bits per heavy atom. The molecule has 0 fully saturated rings. The van der Waals surface area contributed by atoms with E-state index in [-0.39, 0.29) is 5.91 Å². The third-order valence-corrected chi connectivity index (χ3v) is 5.04. The van der Waals surface area contributed by atoms with E-state index in [1.807, 2.05) is 42.5 Å². The van der Waals surface area contributed by atoms with Crippen molar-refractivity contribution in [2.75, 3.05) is 12.9 Å². The molecule has 1 amide bonds. The lowest BCUT2D eigenvalue weighted by atomic mass is 10.1. The Kier molecular flexibility index (Phi) is 5.79. The van der Waals surface area contributed by atoms with Crippen LogP contribution >= 0.6 is 23.4 Å². The highest BCUT2D eigenvalue weighted by Gasteiger charge is 2.08. The molecule has 0 atom stereocenters. The first kappa shape index (κ1) is 17.6. The number of thioether (sulfide) groups is 1. The summed E-state index contributed by atoms with van der Waals surface area (Å²) in [6.45, 7) is 0.437. The van der Waals surface area contributed by atoms with Gasteiger partial charge in [-0.1, -0.05) is 41.9 Å². The summed E-state index contributed by atoms with van der Waals surface area (Å²) in [5.41, 5.74) is 0.923. The predicted octanol–water partition coefficient (Wildman–Crippen LogP) is 4.31. The minimum atomic E-state index is -0.0372. The topological polar surface area (TPSA) is 51.2 Å². The second-order valence-corrected chi connectivity index (χ2v) is 6.79. The van der Waals surface area contributed by atoms with Gasteiger partial charge in [0, 0.05) is 34.1 Å². The van der Waals surface area contributed by atoms with E-state index in [2.05, 4.69) is 10.3 Å². The molecule has 0 spiro atoms. The number of ether oxygens (including phenoxy) is 1. The largest absolute Gasteiger partial charge is 0.481 e. The van der Waals surface area contributed by atoms with E-state index < -0.39 is 0 Å². The Balaban J connectivity index is 1.59. The summed E-state index contributed by atoms with van der Waals surface area (Å²) in [4.78, 5) is 17.2. The minimum Gasteiger partial charge on any atom is -0.481 e. The Bertz CT molecular complexity index is 879. The summed E-state index contributed by atoms with van der Waals surface area (Å²) in [5.74, 6) is 0.844. The normalized spacial score (nSPS) is 10.6. The molecule has 1 heterocycles. The van der Waals surface area contributed by atoms with Gasteiger partial charge >= 0.3 is 0 Å². The standard InChI is InChI=1S/C19H17ClN2O2S/c1-24-18-9-8-13(11-22-18)10-21-17(23)12-25-16-7-3-5-14-4-2-6-15(20)19(14)16/h2-9,11H,10,12H2,1H3,(H,21,23). The number of carbonyl (C=O) groups excluding carboxylic acids is 1. The molecule has 0 radical (unpaired) electrons. The number of carbonyl (C=O) groups is 1. The van der Waals surface area contributed by atoms with Crippen molar-refractivity contribution in [1.29, 1.82) is 0 Å². The van der Waals surface area contributed by atoms with E-state index in [1.54, 1.807) is 19.4 Å². The van der Waals surface area contributed by atoms with Crippen LogP contribution in [0.5, 0.6) is 5.88 Å². The van der Waals surface area contributed by atoms with Gasteiger partial charge in [-0.25, -0.2) is 4.98 Å². The number of nitrogens with one attached hydrogen (secondary N) is 1. The third-order valence-electron chi connectivity index (χ3n) is 3.67. The number of halogens is 1. The first-order valence-corrected chi connectivity index (χ1v) is 9.09. The summed E-state index contributed by atoms with van der Waals surface area (Å²) in [6.07, 6.45) is 1.69. The van der Waals surface area contributed by atoms with Crippen LogP contribution in [-0.2, 0) is 11.3 Å². The average Bonchev–Trinajstić information content (AvgIpc) is 2.65. The molecule has 2 aromatic carbocycles. The SMILES string of the molecule is COc1ccc(CNC(=O)CSc2cccc3cccc(Cl)c23)cn1. The molecule has 0 unspecified atom stereocenters. The minimum absolute atomic E-state index is 0.0372. The van der Waals surface area contributed by atoms with Crippen molar-refractivity contribution < 1.29 is 9.53 Å². The van der Waals surface area contributed by atoms with Crippen LogP contribution in [0.25, 0.3) is 10.8 Å². The number of hydrogen-bond acceptors (Lipinski definition) is 4. The van der Waals surface area contributed by atoms with Crippen molar-refractivity contribution in [3.05, 3.63) is 65.3 Å². The zero-order valence-corrected chi connectivity index (χ0v) is 15.2. The lowest BCUT2D eigenvalue weighted by Gasteiger charge is -2.09. The van der Waals surface area contributed by atoms with E-state index in [4.69, 9.17) is 16.3 Å². The van der Waals surface area contributed by atoms with Crippen LogP contribution in [0.15, 0.2) is 59.6 Å². The molecular weight excluding hydrogens is 356 g/mol. The maximum absolute atomic E-state index is 12.1. The first-order chi connectivity index (χ1) is 12.2. The van der Waals surface area contributed by atoms with Crippen LogP contribution in [-0.4, -0.2) is 23.8 Å². The number of fused-ring (bicyclic) bond motifs is 1. The summed E-state index contributed by atoms with van der Waals surface area (Å²) < 4.78 is 5.01. The Hall–Kier alpha value is -2.24. The van der Waals surface area contributed by atoms with Gasteiger partial charge in [-0.2, -0.15) is 0 Å². The van der Waals surface area contributed by atoms with Crippen LogP contribution in [0, 0.1) is 0 Å². The molecule has 1 aromatic heterocycles. The van der Waals surface area contributed by atoms with Crippen LogP contribution < -0.4 is 10.1 Å². The number of nitrogens with zero attached hydrogens (tertiary/aromatic N) is 1. The highest BCUT2D eigenvalue weighted by molar-refractivity contribution is 8.00. The maximum Gasteiger partial charge on any atom is 0.230 e. The first-order valence-electron chi connectivity index (χ1n) is 7.73. The molecule has 0 saturated carbocycles. The van der Waals surface area contributed by atoms with Gasteiger partial charge in [0.05, 0.1) is 12.9 Å². The van der Waals surface area contributed by atoms with E-state index >= 15 is 0 Å². The monoisotopic (exact) mass is 372 g/mol. The predicted molar refractivity (Wildman–Crippen MR) is 102 cm³/mol. The zero-order valence-electron chi connectivity index (χ0n) is 13.7. The lowest BCUT2D eigenvalue weighted by Crippen LogP contribution is -2.24. The quantitative estimate of drug-likeness (QED) is 0.655. The fraction of sp³-hybridized carbons (Fsp3) is 0.158. The number of aromatic nitrogens is 1. The Morgan fingerprint density at radius 3 is 2.72 bits per heavy atom. The number of benzene rings is 2.